The molecule has 0 N–H and O–H groups in total. The first-order valence-corrected chi connectivity index (χ1v) is 5.82. The Balaban J connectivity index is 0. The molecule has 0 fully saturated rings. The molecule has 104 valence electrons. The second kappa shape index (κ2) is 5.42. The zero-order valence-electron chi connectivity index (χ0n) is 8.00. The summed E-state index contributed by atoms with van der Waals surface area (Å²) in [6, 6.07) is 0. The quantitative estimate of drug-likeness (QED) is 0.245. The van der Waals surface area contributed by atoms with Gasteiger partial charge < -0.3 is 4.55 Å². The van der Waals surface area contributed by atoms with Gasteiger partial charge in [-0.2, -0.15) is 34.8 Å². The summed E-state index contributed by atoms with van der Waals surface area (Å²) in [7, 11) is -14.9. The van der Waals surface area contributed by atoms with Crippen LogP contribution >= 0.6 is 0 Å². The molecule has 0 atom stereocenters. The van der Waals surface area contributed by atoms with Crippen LogP contribution in [0.25, 0.3) is 0 Å². The van der Waals surface area contributed by atoms with E-state index in [9.17, 15) is 51.6 Å². The van der Waals surface area contributed by atoms with E-state index in [0.29, 0.717) is 0 Å². The number of hydrogen-bond donors (Lipinski definition) is 0. The molecule has 0 rings (SSSR count). The van der Waals surface area contributed by atoms with E-state index in [2.05, 4.69) is 0 Å². The molecular formula is C3F7KO5S2. The minimum absolute atomic E-state index is 0. The van der Waals surface area contributed by atoms with Crippen LogP contribution < -0.4 is 51.4 Å². The van der Waals surface area contributed by atoms with Crippen LogP contribution in [0.1, 0.15) is 0 Å². The van der Waals surface area contributed by atoms with Crippen LogP contribution in [0.2, 0.25) is 0 Å². The van der Waals surface area contributed by atoms with Crippen LogP contribution in [0.5, 0.6) is 0 Å². The zero-order chi connectivity index (χ0) is 14.5. The van der Waals surface area contributed by atoms with E-state index in [-0.39, 0.29) is 51.4 Å². The number of alkyl halides is 6. The van der Waals surface area contributed by atoms with Crippen LogP contribution in [0, 0.1) is 0 Å². The second-order valence-electron chi connectivity index (χ2n) is 2.50. The summed E-state index contributed by atoms with van der Waals surface area (Å²) in [5.41, 5.74) is 0. The largest absolute Gasteiger partial charge is 1.00 e. The fourth-order valence-corrected chi connectivity index (χ4v) is 1.42. The molecule has 0 aromatic heterocycles. The number of hydrogen-bond acceptors (Lipinski definition) is 5. The van der Waals surface area contributed by atoms with Crippen LogP contribution in [-0.4, -0.2) is 37.8 Å². The molecule has 0 aliphatic carbocycles. The summed E-state index contributed by atoms with van der Waals surface area (Å²) < 4.78 is 133. The molecule has 15 heteroatoms. The predicted molar refractivity (Wildman–Crippen MR) is 34.6 cm³/mol. The Labute approximate surface area is 138 Å². The van der Waals surface area contributed by atoms with E-state index < -0.39 is 36.8 Å². The smallest absolute Gasteiger partial charge is 0.743 e. The Morgan fingerprint density at radius 3 is 1.22 bits per heavy atom. The van der Waals surface area contributed by atoms with E-state index in [0.717, 1.165) is 0 Å². The topological polar surface area (TPSA) is 91.3 Å². The summed E-state index contributed by atoms with van der Waals surface area (Å²) in [5, 5.41) is -14.1. The van der Waals surface area contributed by atoms with Crippen molar-refractivity contribution in [2.24, 2.45) is 0 Å². The van der Waals surface area contributed by atoms with Crippen molar-refractivity contribution in [2.75, 3.05) is 0 Å². The van der Waals surface area contributed by atoms with Gasteiger partial charge in [0.15, 0.2) is 10.1 Å². The van der Waals surface area contributed by atoms with Crippen molar-refractivity contribution >= 4 is 20.3 Å². The van der Waals surface area contributed by atoms with Crippen molar-refractivity contribution in [1.29, 1.82) is 0 Å². The molecule has 0 heterocycles. The van der Waals surface area contributed by atoms with Crippen molar-refractivity contribution in [3.63, 3.8) is 0 Å². The summed E-state index contributed by atoms with van der Waals surface area (Å²) >= 11 is 0. The molecule has 0 unspecified atom stereocenters. The molecule has 0 aliphatic rings. The summed E-state index contributed by atoms with van der Waals surface area (Å²) in [5.74, 6) is -7.27. The third-order valence-corrected chi connectivity index (χ3v) is 3.10. The van der Waals surface area contributed by atoms with Gasteiger partial charge in [0, 0.05) is 0 Å². The Morgan fingerprint density at radius 2 is 1.06 bits per heavy atom. The summed E-state index contributed by atoms with van der Waals surface area (Å²) in [6.07, 6.45) is 0. The Kier molecular flexibility index (Phi) is 6.41. The monoisotopic (exact) mass is 352 g/mol. The van der Waals surface area contributed by atoms with Crippen molar-refractivity contribution < 1.29 is 103 Å². The van der Waals surface area contributed by atoms with E-state index in [1.54, 1.807) is 0 Å². The third kappa shape index (κ3) is 3.18. The molecule has 0 aromatic carbocycles. The maximum Gasteiger partial charge on any atom is 1.00 e. The van der Waals surface area contributed by atoms with Crippen molar-refractivity contribution in [1.82, 2.24) is 0 Å². The Morgan fingerprint density at radius 1 is 0.778 bits per heavy atom. The zero-order valence-corrected chi connectivity index (χ0v) is 12.8. The second-order valence-corrected chi connectivity index (χ2v) is 5.31. The average Bonchev–Trinajstić information content (AvgIpc) is 1.98. The SMILES string of the molecule is O=S(=O)([O-])C(F)(F)C(F)(F)C(F)(F)S(=O)(=O)F.[K+]. The molecule has 0 spiro atoms. The molecule has 0 saturated carbocycles. The van der Waals surface area contributed by atoms with Gasteiger partial charge in [-0.1, -0.05) is 3.89 Å². The van der Waals surface area contributed by atoms with Crippen molar-refractivity contribution in [3.8, 4) is 0 Å². The third-order valence-electron chi connectivity index (χ3n) is 1.35. The van der Waals surface area contributed by atoms with Gasteiger partial charge in [-0.3, -0.25) is 0 Å². The van der Waals surface area contributed by atoms with Crippen LogP contribution in [0.4, 0.5) is 30.2 Å². The molecular weight excluding hydrogens is 352 g/mol. The first kappa shape index (κ1) is 21.3. The molecule has 0 bridgehead atoms. The number of halogens is 7. The van der Waals surface area contributed by atoms with Gasteiger partial charge >= 0.3 is 78.0 Å². The normalized spacial score (nSPS) is 15.1. The maximum absolute atomic E-state index is 12.3. The first-order chi connectivity index (χ1) is 7.00. The van der Waals surface area contributed by atoms with Gasteiger partial charge in [0.05, 0.1) is 0 Å². The Bertz CT molecular complexity index is 463. The molecule has 18 heavy (non-hydrogen) atoms. The minimum atomic E-state index is -7.57. The number of rotatable bonds is 4. The summed E-state index contributed by atoms with van der Waals surface area (Å²) in [4.78, 5) is 0. The standard InChI is InChI=1S/C3HF7O5S2.K/c4-1(5,2(6,7)16(10,11)12)3(8,9)17(13,14)15;/h(H,13,14,15);/q;+1/p-1. The maximum atomic E-state index is 12.3. The first-order valence-electron chi connectivity index (χ1n) is 3.03. The Hall–Kier alpha value is 1.01. The van der Waals surface area contributed by atoms with E-state index in [1.807, 2.05) is 0 Å². The molecule has 0 radical (unpaired) electrons. The minimum Gasteiger partial charge on any atom is -0.743 e. The van der Waals surface area contributed by atoms with Gasteiger partial charge in [0.1, 0.15) is 0 Å². The van der Waals surface area contributed by atoms with Crippen molar-refractivity contribution in [3.05, 3.63) is 0 Å². The van der Waals surface area contributed by atoms with E-state index in [4.69, 9.17) is 0 Å². The van der Waals surface area contributed by atoms with Gasteiger partial charge in [-0.15, -0.1) is 0 Å². The van der Waals surface area contributed by atoms with Gasteiger partial charge in [0.25, 0.3) is 0 Å². The van der Waals surface area contributed by atoms with Crippen molar-refractivity contribution in [2.45, 2.75) is 16.4 Å². The molecule has 0 aromatic rings. The fraction of sp³-hybridized carbons (Fsp3) is 1.00. The predicted octanol–water partition coefficient (Wildman–Crippen LogP) is -2.34. The molecule has 0 saturated heterocycles. The van der Waals surface area contributed by atoms with Gasteiger partial charge in [0.2, 0.25) is 0 Å². The van der Waals surface area contributed by atoms with Gasteiger partial charge in [-0.05, 0) is 0 Å². The van der Waals surface area contributed by atoms with Crippen LogP contribution in [-0.2, 0) is 20.3 Å². The fourth-order valence-electron chi connectivity index (χ4n) is 0.480. The van der Waals surface area contributed by atoms with E-state index in [1.165, 1.54) is 0 Å². The molecule has 5 nitrogen and oxygen atoms in total. The summed E-state index contributed by atoms with van der Waals surface area (Å²) in [6.45, 7) is 0. The average molecular weight is 352 g/mol. The van der Waals surface area contributed by atoms with Gasteiger partial charge in [-0.25, -0.2) is 8.42 Å². The van der Waals surface area contributed by atoms with Crippen LogP contribution in [0.15, 0.2) is 0 Å². The van der Waals surface area contributed by atoms with Crippen LogP contribution in [0.3, 0.4) is 0 Å². The molecule has 0 amide bonds. The molecule has 0 aliphatic heterocycles. The van der Waals surface area contributed by atoms with E-state index >= 15 is 0 Å².